The van der Waals surface area contributed by atoms with Gasteiger partial charge in [0.25, 0.3) is 0 Å². The molecule has 1 N–H and O–H groups in total. The fraction of sp³-hybridized carbons (Fsp3) is 0.769. The molecule has 0 radical (unpaired) electrons. The molecule has 1 saturated heterocycles. The van der Waals surface area contributed by atoms with Gasteiger partial charge in [-0.2, -0.15) is 5.10 Å². The van der Waals surface area contributed by atoms with Crippen molar-refractivity contribution in [3.63, 3.8) is 0 Å². The van der Waals surface area contributed by atoms with E-state index >= 15 is 0 Å². The van der Waals surface area contributed by atoms with Crippen LogP contribution in [-0.4, -0.2) is 38.9 Å². The largest absolute Gasteiger partial charge is 0.461 e. The van der Waals surface area contributed by atoms with Crippen LogP contribution in [0.25, 0.3) is 0 Å². The predicted molar refractivity (Wildman–Crippen MR) is 68.6 cm³/mol. The van der Waals surface area contributed by atoms with Crippen LogP contribution in [-0.2, 0) is 28.9 Å². The van der Waals surface area contributed by atoms with Crippen molar-refractivity contribution in [1.29, 1.82) is 0 Å². The average Bonchev–Trinajstić information content (AvgIpc) is 2.92. The summed E-state index contributed by atoms with van der Waals surface area (Å²) in [5.41, 5.74) is 0. The van der Waals surface area contributed by atoms with Crippen LogP contribution in [0.4, 0.5) is 0 Å². The molecule has 1 aromatic heterocycles. The number of nitrogens with one attached hydrogen (secondary N) is 1. The Morgan fingerprint density at radius 2 is 2.37 bits per heavy atom. The highest BCUT2D eigenvalue weighted by atomic mass is 16.6. The number of hydrogen-bond donors (Lipinski definition) is 1. The first kappa shape index (κ1) is 12.6. The number of carbonyl (C=O) groups is 1. The Labute approximate surface area is 112 Å². The second-order valence-electron chi connectivity index (χ2n) is 5.42. The van der Waals surface area contributed by atoms with E-state index in [-0.39, 0.29) is 24.2 Å². The molecule has 3 rings (SSSR count). The third-order valence-electron chi connectivity index (χ3n) is 3.82. The van der Waals surface area contributed by atoms with Crippen molar-refractivity contribution in [2.24, 2.45) is 0 Å². The summed E-state index contributed by atoms with van der Waals surface area (Å²) in [6.45, 7) is 4.79. The fourth-order valence-corrected chi connectivity index (χ4v) is 2.82. The quantitative estimate of drug-likeness (QED) is 0.803. The number of hydrogen-bond acceptors (Lipinski definition) is 5. The second kappa shape index (κ2) is 4.92. The van der Waals surface area contributed by atoms with E-state index in [1.54, 1.807) is 0 Å². The SMILES string of the molecule is CCc1nc2n(n1)C[C@H](N[C@H]1C[C@H](C)OC1=O)CC2. The molecular formula is C13H20N4O2. The summed E-state index contributed by atoms with van der Waals surface area (Å²) in [6, 6.07) is 0.123. The minimum Gasteiger partial charge on any atom is -0.461 e. The van der Waals surface area contributed by atoms with Crippen LogP contribution in [0.1, 0.15) is 38.3 Å². The number of nitrogens with zero attached hydrogens (tertiary/aromatic N) is 3. The summed E-state index contributed by atoms with van der Waals surface area (Å²) in [4.78, 5) is 16.1. The standard InChI is InChI=1S/C13H20N4O2/c1-3-11-15-12-5-4-9(7-17(12)16-11)14-10-6-8(2)19-13(10)18/h8-10,14H,3-7H2,1-2H3/t8-,9+,10-/m0/s1. The number of ether oxygens (including phenoxy) is 1. The van der Waals surface area contributed by atoms with E-state index in [9.17, 15) is 4.79 Å². The van der Waals surface area contributed by atoms with E-state index in [0.717, 1.165) is 43.9 Å². The molecule has 104 valence electrons. The molecule has 2 aliphatic heterocycles. The maximum Gasteiger partial charge on any atom is 0.323 e. The number of aromatic nitrogens is 3. The lowest BCUT2D eigenvalue weighted by Gasteiger charge is -2.25. The maximum atomic E-state index is 11.6. The smallest absolute Gasteiger partial charge is 0.323 e. The van der Waals surface area contributed by atoms with Crippen LogP contribution >= 0.6 is 0 Å². The Bertz CT molecular complexity index is 485. The van der Waals surface area contributed by atoms with Gasteiger partial charge >= 0.3 is 5.97 Å². The number of aryl methyl sites for hydroxylation is 2. The monoisotopic (exact) mass is 264 g/mol. The van der Waals surface area contributed by atoms with Crippen molar-refractivity contribution in [2.45, 2.75) is 64.3 Å². The summed E-state index contributed by atoms with van der Waals surface area (Å²) in [6.07, 6.45) is 3.58. The van der Waals surface area contributed by atoms with Crippen molar-refractivity contribution in [3.05, 3.63) is 11.6 Å². The van der Waals surface area contributed by atoms with E-state index in [1.165, 1.54) is 0 Å². The van der Waals surface area contributed by atoms with E-state index in [1.807, 2.05) is 11.6 Å². The molecular weight excluding hydrogens is 244 g/mol. The molecule has 1 fully saturated rings. The van der Waals surface area contributed by atoms with Crippen LogP contribution in [0.15, 0.2) is 0 Å². The van der Waals surface area contributed by atoms with Crippen LogP contribution in [0, 0.1) is 0 Å². The van der Waals surface area contributed by atoms with Gasteiger partial charge in [0, 0.05) is 25.3 Å². The molecule has 0 aliphatic carbocycles. The third kappa shape index (κ3) is 2.49. The number of carbonyl (C=O) groups excluding carboxylic acids is 1. The molecule has 3 heterocycles. The molecule has 3 atom stereocenters. The first-order valence-electron chi connectivity index (χ1n) is 7.05. The van der Waals surface area contributed by atoms with Crippen LogP contribution in [0.5, 0.6) is 0 Å². The summed E-state index contributed by atoms with van der Waals surface area (Å²) < 4.78 is 7.15. The lowest BCUT2D eigenvalue weighted by molar-refractivity contribution is -0.142. The summed E-state index contributed by atoms with van der Waals surface area (Å²) in [5.74, 6) is 1.85. The number of cyclic esters (lactones) is 1. The lowest BCUT2D eigenvalue weighted by Crippen LogP contribution is -2.45. The van der Waals surface area contributed by atoms with Gasteiger partial charge in [0.1, 0.15) is 18.0 Å². The topological polar surface area (TPSA) is 69.0 Å². The van der Waals surface area contributed by atoms with E-state index in [0.29, 0.717) is 0 Å². The van der Waals surface area contributed by atoms with Crippen molar-refractivity contribution in [3.8, 4) is 0 Å². The minimum atomic E-state index is -0.157. The minimum absolute atomic E-state index is 0.0298. The second-order valence-corrected chi connectivity index (χ2v) is 5.42. The highest BCUT2D eigenvalue weighted by Crippen LogP contribution is 2.18. The van der Waals surface area contributed by atoms with E-state index in [4.69, 9.17) is 4.74 Å². The fourth-order valence-electron chi connectivity index (χ4n) is 2.82. The van der Waals surface area contributed by atoms with E-state index < -0.39 is 0 Å². The Balaban J connectivity index is 1.64. The normalized spacial score (nSPS) is 30.2. The van der Waals surface area contributed by atoms with Gasteiger partial charge in [0.2, 0.25) is 0 Å². The van der Waals surface area contributed by atoms with Crippen LogP contribution < -0.4 is 5.32 Å². The molecule has 0 spiro atoms. The molecule has 6 heteroatoms. The Morgan fingerprint density at radius 1 is 1.53 bits per heavy atom. The Hall–Kier alpha value is -1.43. The molecule has 1 aromatic rings. The van der Waals surface area contributed by atoms with Crippen molar-refractivity contribution in [2.75, 3.05) is 0 Å². The van der Waals surface area contributed by atoms with Gasteiger partial charge in [0.15, 0.2) is 5.82 Å². The molecule has 0 unspecified atom stereocenters. The average molecular weight is 264 g/mol. The molecule has 0 amide bonds. The molecule has 6 nitrogen and oxygen atoms in total. The van der Waals surface area contributed by atoms with Gasteiger partial charge in [-0.15, -0.1) is 0 Å². The Morgan fingerprint density at radius 3 is 3.05 bits per heavy atom. The van der Waals surface area contributed by atoms with Gasteiger partial charge in [-0.3, -0.25) is 10.1 Å². The van der Waals surface area contributed by atoms with Crippen molar-refractivity contribution < 1.29 is 9.53 Å². The molecule has 0 aromatic carbocycles. The highest BCUT2D eigenvalue weighted by molar-refractivity contribution is 5.77. The summed E-state index contributed by atoms with van der Waals surface area (Å²) >= 11 is 0. The lowest BCUT2D eigenvalue weighted by atomic mass is 10.1. The first-order chi connectivity index (χ1) is 9.15. The number of rotatable bonds is 3. The van der Waals surface area contributed by atoms with Crippen molar-refractivity contribution >= 4 is 5.97 Å². The van der Waals surface area contributed by atoms with Gasteiger partial charge in [-0.25, -0.2) is 9.67 Å². The predicted octanol–water partition coefficient (Wildman–Crippen LogP) is 0.449. The van der Waals surface area contributed by atoms with Gasteiger partial charge in [-0.1, -0.05) is 6.92 Å². The van der Waals surface area contributed by atoms with E-state index in [2.05, 4.69) is 22.3 Å². The van der Waals surface area contributed by atoms with Gasteiger partial charge in [0.05, 0.1) is 6.54 Å². The Kier molecular flexibility index (Phi) is 3.26. The zero-order chi connectivity index (χ0) is 13.4. The summed E-state index contributed by atoms with van der Waals surface area (Å²) in [7, 11) is 0. The maximum absolute atomic E-state index is 11.6. The van der Waals surface area contributed by atoms with Gasteiger partial charge < -0.3 is 4.74 Å². The zero-order valence-corrected chi connectivity index (χ0v) is 11.4. The molecule has 19 heavy (non-hydrogen) atoms. The third-order valence-corrected chi connectivity index (χ3v) is 3.82. The molecule has 2 aliphatic rings. The van der Waals surface area contributed by atoms with Crippen LogP contribution in [0.3, 0.4) is 0 Å². The zero-order valence-electron chi connectivity index (χ0n) is 11.4. The van der Waals surface area contributed by atoms with Crippen molar-refractivity contribution in [1.82, 2.24) is 20.1 Å². The number of esters is 1. The molecule has 0 bridgehead atoms. The molecule has 0 saturated carbocycles. The highest BCUT2D eigenvalue weighted by Gasteiger charge is 2.34. The summed E-state index contributed by atoms with van der Waals surface area (Å²) in [5, 5.41) is 7.88. The van der Waals surface area contributed by atoms with Crippen LogP contribution in [0.2, 0.25) is 0 Å². The first-order valence-corrected chi connectivity index (χ1v) is 7.05. The number of fused-ring (bicyclic) bond motifs is 1. The van der Waals surface area contributed by atoms with Gasteiger partial charge in [-0.05, 0) is 13.3 Å².